The van der Waals surface area contributed by atoms with Gasteiger partial charge >= 0.3 is 0 Å². The zero-order valence-electron chi connectivity index (χ0n) is 23.1. The Kier molecular flexibility index (Phi) is 6.49. The van der Waals surface area contributed by atoms with Crippen LogP contribution < -0.4 is 9.62 Å². The van der Waals surface area contributed by atoms with Crippen molar-refractivity contribution in [3.8, 4) is 28.4 Å². The number of aromatic nitrogens is 4. The predicted molar refractivity (Wildman–Crippen MR) is 159 cm³/mol. The number of amides is 1. The molecule has 0 atom stereocenters. The van der Waals surface area contributed by atoms with E-state index in [-0.39, 0.29) is 23.2 Å². The summed E-state index contributed by atoms with van der Waals surface area (Å²) in [6.07, 6.45) is 4.17. The smallest absolute Gasteiger partial charge is 0.255 e. The van der Waals surface area contributed by atoms with Crippen molar-refractivity contribution in [1.82, 2.24) is 24.8 Å². The van der Waals surface area contributed by atoms with Gasteiger partial charge in [-0.25, -0.2) is 27.8 Å². The van der Waals surface area contributed by atoms with Crippen LogP contribution in [0.25, 0.3) is 50.5 Å². The van der Waals surface area contributed by atoms with Crippen LogP contribution in [0.3, 0.4) is 0 Å². The number of carbonyl (C=O) groups is 1. The number of nitrogens with zero attached hydrogens (tertiary/aromatic N) is 5. The van der Waals surface area contributed by atoms with Crippen molar-refractivity contribution in [2.24, 2.45) is 0 Å². The van der Waals surface area contributed by atoms with E-state index in [1.165, 1.54) is 32.4 Å². The summed E-state index contributed by atoms with van der Waals surface area (Å²) in [6.45, 7) is 1.96. The molecule has 1 N–H and O–H groups in total. The summed E-state index contributed by atoms with van der Waals surface area (Å²) in [5.74, 6) is -0.206. The fourth-order valence-corrected chi connectivity index (χ4v) is 5.25. The molecule has 3 heterocycles. The first-order valence-electron chi connectivity index (χ1n) is 12.8. The van der Waals surface area contributed by atoms with E-state index < -0.39 is 10.0 Å². The molecule has 6 aromatic rings. The lowest BCUT2D eigenvalue weighted by Gasteiger charge is -2.20. The highest BCUT2D eigenvalue weighted by atomic mass is 32.2. The Morgan fingerprint density at radius 2 is 1.76 bits per heavy atom. The molecule has 0 spiro atoms. The summed E-state index contributed by atoms with van der Waals surface area (Å²) in [4.78, 5) is 26.8. The number of fused-ring (bicyclic) bond motifs is 2. The molecule has 0 aliphatic heterocycles. The van der Waals surface area contributed by atoms with E-state index in [4.69, 9.17) is 9.40 Å². The maximum absolute atomic E-state index is 13.6. The topological polar surface area (TPSA) is 123 Å². The van der Waals surface area contributed by atoms with Crippen LogP contribution in [0.2, 0.25) is 0 Å². The van der Waals surface area contributed by atoms with E-state index >= 15 is 0 Å². The van der Waals surface area contributed by atoms with Crippen molar-refractivity contribution >= 4 is 43.8 Å². The average molecular weight is 585 g/mol. The Labute approximate surface area is 240 Å². The van der Waals surface area contributed by atoms with E-state index in [1.54, 1.807) is 35.2 Å². The van der Waals surface area contributed by atoms with Gasteiger partial charge in [-0.2, -0.15) is 0 Å². The molecule has 3 aromatic heterocycles. The number of carbonyl (C=O) groups excluding carboxylic acids is 1. The monoisotopic (exact) mass is 584 g/mol. The summed E-state index contributed by atoms with van der Waals surface area (Å²) >= 11 is 0. The summed E-state index contributed by atoms with van der Waals surface area (Å²) in [7, 11) is -0.770. The lowest BCUT2D eigenvalue weighted by Crippen LogP contribution is -2.25. The Bertz CT molecular complexity index is 2100. The van der Waals surface area contributed by atoms with Crippen molar-refractivity contribution in [2.75, 3.05) is 24.7 Å². The molecule has 0 aliphatic rings. The quantitative estimate of drug-likeness (QED) is 0.289. The first kappa shape index (κ1) is 27.1. The largest absolute Gasteiger partial charge is 0.455 e. The van der Waals surface area contributed by atoms with Crippen molar-refractivity contribution in [2.45, 2.75) is 6.92 Å². The van der Waals surface area contributed by atoms with Crippen molar-refractivity contribution < 1.29 is 22.0 Å². The van der Waals surface area contributed by atoms with Gasteiger partial charge in [0.25, 0.3) is 5.91 Å². The van der Waals surface area contributed by atoms with Gasteiger partial charge in [0, 0.05) is 42.4 Å². The molecule has 0 aliphatic carbocycles. The Morgan fingerprint density at radius 1 is 1.05 bits per heavy atom. The maximum atomic E-state index is 13.6. The molecule has 0 fully saturated rings. The number of sulfonamides is 1. The van der Waals surface area contributed by atoms with Crippen LogP contribution in [-0.4, -0.2) is 54.2 Å². The maximum Gasteiger partial charge on any atom is 0.255 e. The van der Waals surface area contributed by atoms with Crippen LogP contribution in [0, 0.1) is 12.7 Å². The van der Waals surface area contributed by atoms with Gasteiger partial charge in [0.2, 0.25) is 10.0 Å². The molecular formula is C30H25FN6O4S. The van der Waals surface area contributed by atoms with Crippen LogP contribution in [0.4, 0.5) is 10.1 Å². The molecule has 0 bridgehead atoms. The van der Waals surface area contributed by atoms with Crippen LogP contribution in [-0.2, 0) is 10.0 Å². The Balaban J connectivity index is 1.63. The van der Waals surface area contributed by atoms with Crippen LogP contribution in [0.1, 0.15) is 15.9 Å². The van der Waals surface area contributed by atoms with E-state index in [2.05, 4.69) is 15.3 Å². The second-order valence-electron chi connectivity index (χ2n) is 9.84. The number of furan rings is 1. The zero-order chi connectivity index (χ0) is 29.8. The third-order valence-electron chi connectivity index (χ3n) is 7.05. The van der Waals surface area contributed by atoms with Crippen molar-refractivity contribution in [3.05, 3.63) is 90.1 Å². The van der Waals surface area contributed by atoms with Gasteiger partial charge < -0.3 is 9.73 Å². The molecule has 0 saturated heterocycles. The first-order chi connectivity index (χ1) is 20.0. The van der Waals surface area contributed by atoms with Crippen molar-refractivity contribution in [3.63, 3.8) is 0 Å². The van der Waals surface area contributed by atoms with Gasteiger partial charge in [-0.15, -0.1) is 0 Å². The molecule has 42 heavy (non-hydrogen) atoms. The van der Waals surface area contributed by atoms with Crippen LogP contribution in [0.5, 0.6) is 0 Å². The fourth-order valence-electron chi connectivity index (χ4n) is 4.74. The Hall–Kier alpha value is -5.10. The van der Waals surface area contributed by atoms with Gasteiger partial charge in [0.15, 0.2) is 11.5 Å². The number of aryl methyl sites for hydroxylation is 1. The molecule has 212 valence electrons. The molecular weight excluding hydrogens is 559 g/mol. The molecule has 1 amide bonds. The fraction of sp³-hybridized carbons (Fsp3) is 0.133. The van der Waals surface area contributed by atoms with Crippen molar-refractivity contribution in [1.29, 1.82) is 0 Å². The van der Waals surface area contributed by atoms with E-state index in [1.807, 2.05) is 31.2 Å². The lowest BCUT2D eigenvalue weighted by atomic mass is 10.0. The normalized spacial score (nSPS) is 11.7. The van der Waals surface area contributed by atoms with Gasteiger partial charge in [-0.3, -0.25) is 13.7 Å². The number of hydrogen-bond acceptors (Lipinski definition) is 7. The molecule has 12 heteroatoms. The number of nitrogens with one attached hydrogen (secondary N) is 1. The molecule has 0 unspecified atom stereocenters. The summed E-state index contributed by atoms with van der Waals surface area (Å²) in [6, 6.07) is 16.6. The lowest BCUT2D eigenvalue weighted by molar-refractivity contribution is 0.0964. The van der Waals surface area contributed by atoms with Gasteiger partial charge in [-0.05, 0) is 37.3 Å². The number of benzene rings is 3. The summed E-state index contributed by atoms with van der Waals surface area (Å²) in [5.41, 5.74) is 4.50. The third-order valence-corrected chi connectivity index (χ3v) is 8.24. The second kappa shape index (κ2) is 10.1. The first-order valence-corrected chi connectivity index (χ1v) is 14.7. The minimum Gasteiger partial charge on any atom is -0.455 e. The van der Waals surface area contributed by atoms with Crippen LogP contribution >= 0.6 is 0 Å². The molecule has 6 rings (SSSR count). The molecule has 10 nitrogen and oxygen atoms in total. The number of rotatable bonds is 6. The highest BCUT2D eigenvalue weighted by Crippen LogP contribution is 2.40. The third kappa shape index (κ3) is 4.65. The standard InChI is InChI=1S/C30H25FN6O4S/c1-17-5-7-18(8-6-17)27-26(30(38)32-2)22-13-21(24(14-25(22)41-27)36(3)42(4,39)40)28-33-15-23-29(35-28)37(16-34-23)20-11-9-19(31)10-12-20/h5-16H,1-4H3,(H,32,38). The van der Waals surface area contributed by atoms with E-state index in [0.717, 1.165) is 16.1 Å². The van der Waals surface area contributed by atoms with Gasteiger partial charge in [0.1, 0.15) is 29.0 Å². The Morgan fingerprint density at radius 3 is 2.43 bits per heavy atom. The zero-order valence-corrected chi connectivity index (χ0v) is 23.9. The summed E-state index contributed by atoms with van der Waals surface area (Å²) < 4.78 is 48.0. The molecule has 0 saturated carbocycles. The average Bonchev–Trinajstić information content (AvgIpc) is 3.57. The number of anilines is 1. The number of imidazole rings is 1. The summed E-state index contributed by atoms with van der Waals surface area (Å²) in [5, 5.41) is 3.14. The van der Waals surface area contributed by atoms with Gasteiger partial charge in [-0.1, -0.05) is 29.8 Å². The minimum absolute atomic E-state index is 0.194. The number of halogens is 1. The van der Waals surface area contributed by atoms with E-state index in [0.29, 0.717) is 50.3 Å². The predicted octanol–water partition coefficient (Wildman–Crippen LogP) is 5.10. The van der Waals surface area contributed by atoms with Crippen LogP contribution in [0.15, 0.2) is 77.6 Å². The highest BCUT2D eigenvalue weighted by molar-refractivity contribution is 7.92. The number of hydrogen-bond donors (Lipinski definition) is 1. The highest BCUT2D eigenvalue weighted by Gasteiger charge is 2.27. The van der Waals surface area contributed by atoms with E-state index in [9.17, 15) is 17.6 Å². The minimum atomic E-state index is -3.72. The molecule has 0 radical (unpaired) electrons. The SMILES string of the molecule is CNC(=O)c1c(-c2ccc(C)cc2)oc2cc(N(C)S(C)(=O)=O)c(-c3ncc4ncn(-c5ccc(F)cc5)c4n3)cc12. The second-order valence-corrected chi connectivity index (χ2v) is 11.9. The van der Waals surface area contributed by atoms with Gasteiger partial charge in [0.05, 0.1) is 23.7 Å². The molecule has 3 aromatic carbocycles.